The second-order valence-electron chi connectivity index (χ2n) is 4.40. The Balaban J connectivity index is 2.58. The molecule has 2 amide bonds. The maximum absolute atomic E-state index is 12.3. The smallest absolute Gasteiger partial charge is 0.338 e. The first-order chi connectivity index (χ1) is 10.5. The molecule has 1 aromatic rings. The van der Waals surface area contributed by atoms with E-state index in [1.54, 1.807) is 31.2 Å². The molecule has 0 aliphatic carbocycles. The zero-order chi connectivity index (χ0) is 16.3. The van der Waals surface area contributed by atoms with E-state index >= 15 is 0 Å². The number of alkyl halides is 2. The average molecular weight is 364 g/mol. The lowest BCUT2D eigenvalue weighted by molar-refractivity contribution is -0.139. The van der Waals surface area contributed by atoms with Crippen molar-refractivity contribution < 1.29 is 14.3 Å². The highest BCUT2D eigenvalue weighted by Gasteiger charge is 2.36. The van der Waals surface area contributed by atoms with Gasteiger partial charge in [0.25, 0.3) is 0 Å². The van der Waals surface area contributed by atoms with Crippen LogP contribution in [-0.2, 0) is 9.53 Å². The van der Waals surface area contributed by atoms with E-state index in [0.717, 1.165) is 0 Å². The third kappa shape index (κ3) is 3.48. The topological polar surface area (TPSA) is 67.4 Å². The number of esters is 1. The van der Waals surface area contributed by atoms with Gasteiger partial charge in [-0.1, -0.05) is 53.0 Å². The Hall–Kier alpha value is -1.43. The minimum absolute atomic E-state index is 0.0930. The number of nitrogens with one attached hydrogen (secondary N) is 2. The molecule has 1 aliphatic rings. The monoisotopic (exact) mass is 362 g/mol. The molecule has 0 fully saturated rings. The van der Waals surface area contributed by atoms with Crippen LogP contribution in [0.2, 0.25) is 5.02 Å². The number of carbonyl (C=O) groups excluding carboxylic acids is 2. The van der Waals surface area contributed by atoms with Gasteiger partial charge >= 0.3 is 12.0 Å². The van der Waals surface area contributed by atoms with Crippen LogP contribution >= 0.6 is 34.8 Å². The summed E-state index contributed by atoms with van der Waals surface area (Å²) in [6.07, 6.45) is 0. The molecular formula is C14H13Cl3N2O3. The molecule has 2 rings (SSSR count). The minimum Gasteiger partial charge on any atom is -0.463 e. The molecule has 1 aromatic carbocycles. The van der Waals surface area contributed by atoms with Crippen LogP contribution in [0.4, 0.5) is 4.79 Å². The molecule has 0 saturated carbocycles. The number of carbonyl (C=O) groups is 2. The SMILES string of the molecule is CCOC(=O)C1=C(C(Cl)Cl)NC(=O)NC1c1ccccc1Cl. The fourth-order valence-corrected chi connectivity index (χ4v) is 2.72. The van der Waals surface area contributed by atoms with Crippen molar-refractivity contribution in [2.75, 3.05) is 6.61 Å². The largest absolute Gasteiger partial charge is 0.463 e. The van der Waals surface area contributed by atoms with Crippen LogP contribution in [0.15, 0.2) is 35.5 Å². The van der Waals surface area contributed by atoms with E-state index in [4.69, 9.17) is 39.5 Å². The number of allylic oxidation sites excluding steroid dienone is 1. The number of rotatable bonds is 4. The van der Waals surface area contributed by atoms with Gasteiger partial charge in [0.15, 0.2) is 0 Å². The molecule has 0 aromatic heterocycles. The van der Waals surface area contributed by atoms with Crippen LogP contribution in [0.25, 0.3) is 0 Å². The molecule has 1 unspecified atom stereocenters. The Morgan fingerprint density at radius 3 is 2.64 bits per heavy atom. The molecule has 118 valence electrons. The molecule has 1 atom stereocenters. The Bertz CT molecular complexity index is 632. The molecule has 5 nitrogen and oxygen atoms in total. The molecule has 22 heavy (non-hydrogen) atoms. The second-order valence-corrected chi connectivity index (χ2v) is 5.90. The van der Waals surface area contributed by atoms with E-state index in [1.165, 1.54) is 0 Å². The first kappa shape index (κ1) is 16.9. The van der Waals surface area contributed by atoms with Gasteiger partial charge in [0, 0.05) is 5.02 Å². The van der Waals surface area contributed by atoms with Gasteiger partial charge < -0.3 is 15.4 Å². The van der Waals surface area contributed by atoms with Crippen LogP contribution < -0.4 is 10.6 Å². The van der Waals surface area contributed by atoms with Crippen molar-refractivity contribution in [3.05, 3.63) is 46.1 Å². The van der Waals surface area contributed by atoms with Gasteiger partial charge in [0.2, 0.25) is 0 Å². The van der Waals surface area contributed by atoms with Gasteiger partial charge in [-0.3, -0.25) is 0 Å². The lowest BCUT2D eigenvalue weighted by atomic mass is 9.95. The van der Waals surface area contributed by atoms with E-state index in [-0.39, 0.29) is 17.9 Å². The van der Waals surface area contributed by atoms with Crippen molar-refractivity contribution in [1.29, 1.82) is 0 Å². The predicted octanol–water partition coefficient (Wildman–Crippen LogP) is 3.31. The molecule has 0 bridgehead atoms. The van der Waals surface area contributed by atoms with Crippen molar-refractivity contribution >= 4 is 46.8 Å². The summed E-state index contributed by atoms with van der Waals surface area (Å²) in [5, 5.41) is 5.48. The summed E-state index contributed by atoms with van der Waals surface area (Å²) in [5.41, 5.74) is 0.772. The molecule has 1 aliphatic heterocycles. The van der Waals surface area contributed by atoms with Crippen molar-refractivity contribution in [2.24, 2.45) is 0 Å². The summed E-state index contributed by atoms with van der Waals surface area (Å²) in [4.78, 5) is 23.0. The maximum atomic E-state index is 12.3. The van der Waals surface area contributed by atoms with Gasteiger partial charge in [-0.15, -0.1) is 0 Å². The van der Waals surface area contributed by atoms with Crippen molar-refractivity contribution in [3.8, 4) is 0 Å². The average Bonchev–Trinajstić information content (AvgIpc) is 2.46. The molecular weight excluding hydrogens is 351 g/mol. The van der Waals surface area contributed by atoms with Crippen molar-refractivity contribution in [1.82, 2.24) is 10.6 Å². The third-order valence-electron chi connectivity index (χ3n) is 3.03. The van der Waals surface area contributed by atoms with Gasteiger partial charge in [-0.2, -0.15) is 0 Å². The molecule has 0 radical (unpaired) electrons. The highest BCUT2D eigenvalue weighted by atomic mass is 35.5. The number of amides is 2. The normalized spacial score (nSPS) is 18.0. The number of ether oxygens (including phenoxy) is 1. The second kappa shape index (κ2) is 7.22. The van der Waals surface area contributed by atoms with Crippen LogP contribution in [-0.4, -0.2) is 23.4 Å². The Kier molecular flexibility index (Phi) is 5.56. The van der Waals surface area contributed by atoms with E-state index in [0.29, 0.717) is 10.6 Å². The number of urea groups is 1. The maximum Gasteiger partial charge on any atom is 0.338 e. The predicted molar refractivity (Wildman–Crippen MR) is 85.0 cm³/mol. The quantitative estimate of drug-likeness (QED) is 0.637. The first-order valence-corrected chi connectivity index (χ1v) is 7.72. The molecule has 1 heterocycles. The van der Waals surface area contributed by atoms with E-state index < -0.39 is 22.9 Å². The third-order valence-corrected chi connectivity index (χ3v) is 3.81. The van der Waals surface area contributed by atoms with E-state index in [9.17, 15) is 9.59 Å². The summed E-state index contributed by atoms with van der Waals surface area (Å²) in [6, 6.07) is 5.53. The Morgan fingerprint density at radius 2 is 2.05 bits per heavy atom. The van der Waals surface area contributed by atoms with Crippen LogP contribution in [0.5, 0.6) is 0 Å². The highest BCUT2D eigenvalue weighted by Crippen LogP contribution is 2.34. The van der Waals surface area contributed by atoms with E-state index in [2.05, 4.69) is 10.6 Å². The number of hydrogen-bond acceptors (Lipinski definition) is 3. The van der Waals surface area contributed by atoms with Gasteiger partial charge in [0.1, 0.15) is 4.84 Å². The summed E-state index contributed by atoms with van der Waals surface area (Å²) < 4.78 is 5.04. The van der Waals surface area contributed by atoms with Crippen molar-refractivity contribution in [2.45, 2.75) is 17.8 Å². The summed E-state index contributed by atoms with van der Waals surface area (Å²) in [7, 11) is 0. The lowest BCUT2D eigenvalue weighted by Crippen LogP contribution is -2.47. The summed E-state index contributed by atoms with van der Waals surface area (Å²) in [6.45, 7) is 1.85. The standard InChI is InChI=1S/C14H13Cl3N2O3/c1-2-22-13(20)9-10(7-5-3-4-6-8(7)15)18-14(21)19-11(9)12(16)17/h3-6,10,12H,2H2,1H3,(H2,18,19,21). The highest BCUT2D eigenvalue weighted by molar-refractivity contribution is 6.46. The van der Waals surface area contributed by atoms with Crippen LogP contribution in [0.3, 0.4) is 0 Å². The Labute approximate surface area is 142 Å². The molecule has 8 heteroatoms. The molecule has 2 N–H and O–H groups in total. The zero-order valence-corrected chi connectivity index (χ0v) is 13.8. The number of benzene rings is 1. The van der Waals surface area contributed by atoms with E-state index in [1.807, 2.05) is 0 Å². The lowest BCUT2D eigenvalue weighted by Gasteiger charge is -2.30. The molecule has 0 spiro atoms. The van der Waals surface area contributed by atoms with Crippen LogP contribution in [0, 0.1) is 0 Å². The van der Waals surface area contributed by atoms with Crippen LogP contribution in [0.1, 0.15) is 18.5 Å². The van der Waals surface area contributed by atoms with Gasteiger partial charge in [0.05, 0.1) is 23.9 Å². The number of hydrogen-bond donors (Lipinski definition) is 2. The Morgan fingerprint density at radius 1 is 1.36 bits per heavy atom. The summed E-state index contributed by atoms with van der Waals surface area (Å²) >= 11 is 17.9. The zero-order valence-electron chi connectivity index (χ0n) is 11.5. The van der Waals surface area contributed by atoms with Crippen molar-refractivity contribution in [3.63, 3.8) is 0 Å². The number of halogens is 3. The summed E-state index contributed by atoms with van der Waals surface area (Å²) in [5.74, 6) is -0.624. The fraction of sp³-hybridized carbons (Fsp3) is 0.286. The molecule has 0 saturated heterocycles. The first-order valence-electron chi connectivity index (χ1n) is 6.47. The van der Waals surface area contributed by atoms with Gasteiger partial charge in [-0.25, -0.2) is 9.59 Å². The fourth-order valence-electron chi connectivity index (χ4n) is 2.14. The minimum atomic E-state index is -1.09. The van der Waals surface area contributed by atoms with Gasteiger partial charge in [-0.05, 0) is 18.6 Å².